The second-order valence-corrected chi connectivity index (χ2v) is 4.80. The molecular formula is C15H23NO3. The standard InChI is InChI=1S/C15H23NO3/c1-4-18-14-8-12-7-11(2)19-15(12)9-13(14)10-16-5-6-17-3/h8-9,11,16H,4-7,10H2,1-3H3. The number of methoxy groups -OCH3 is 1. The summed E-state index contributed by atoms with van der Waals surface area (Å²) in [5, 5.41) is 3.34. The summed E-state index contributed by atoms with van der Waals surface area (Å²) in [4.78, 5) is 0. The molecule has 19 heavy (non-hydrogen) atoms. The van der Waals surface area contributed by atoms with Crippen LogP contribution in [0.2, 0.25) is 0 Å². The molecule has 1 aliphatic rings. The van der Waals surface area contributed by atoms with Gasteiger partial charge in [-0.2, -0.15) is 0 Å². The van der Waals surface area contributed by atoms with Crippen molar-refractivity contribution in [2.45, 2.75) is 32.9 Å². The van der Waals surface area contributed by atoms with E-state index in [1.54, 1.807) is 7.11 Å². The van der Waals surface area contributed by atoms with Gasteiger partial charge in [0.15, 0.2) is 0 Å². The van der Waals surface area contributed by atoms with Gasteiger partial charge < -0.3 is 19.5 Å². The average molecular weight is 265 g/mol. The van der Waals surface area contributed by atoms with Crippen LogP contribution < -0.4 is 14.8 Å². The van der Waals surface area contributed by atoms with Gasteiger partial charge in [0.05, 0.1) is 13.2 Å². The van der Waals surface area contributed by atoms with Gasteiger partial charge in [0.1, 0.15) is 17.6 Å². The van der Waals surface area contributed by atoms with Crippen LogP contribution in [-0.2, 0) is 17.7 Å². The fraction of sp³-hybridized carbons (Fsp3) is 0.600. The van der Waals surface area contributed by atoms with Crippen molar-refractivity contribution < 1.29 is 14.2 Å². The Labute approximate surface area is 115 Å². The Balaban J connectivity index is 2.09. The lowest BCUT2D eigenvalue weighted by atomic mass is 10.1. The number of rotatable bonds is 7. The number of ether oxygens (including phenoxy) is 3. The van der Waals surface area contributed by atoms with Crippen molar-refractivity contribution in [1.29, 1.82) is 0 Å². The average Bonchev–Trinajstić information content (AvgIpc) is 2.74. The zero-order valence-corrected chi connectivity index (χ0v) is 12.0. The Kier molecular flexibility index (Phi) is 5.05. The SMILES string of the molecule is CCOc1cc2c(cc1CNCCOC)OC(C)C2. The molecule has 4 nitrogen and oxygen atoms in total. The predicted octanol–water partition coefficient (Wildman–Crippen LogP) is 2.14. The largest absolute Gasteiger partial charge is 0.494 e. The normalized spacial score (nSPS) is 17.1. The maximum atomic E-state index is 5.80. The molecule has 106 valence electrons. The number of hydrogen-bond acceptors (Lipinski definition) is 4. The molecule has 0 aromatic heterocycles. The third-order valence-corrected chi connectivity index (χ3v) is 3.18. The van der Waals surface area contributed by atoms with Crippen molar-refractivity contribution >= 4 is 0 Å². The second-order valence-electron chi connectivity index (χ2n) is 4.80. The summed E-state index contributed by atoms with van der Waals surface area (Å²) >= 11 is 0. The molecule has 0 amide bonds. The van der Waals surface area contributed by atoms with E-state index in [1.165, 1.54) is 5.56 Å². The zero-order chi connectivity index (χ0) is 13.7. The number of nitrogens with one attached hydrogen (secondary N) is 1. The summed E-state index contributed by atoms with van der Waals surface area (Å²) in [6.45, 7) is 7.09. The van der Waals surface area contributed by atoms with Crippen LogP contribution in [0.4, 0.5) is 0 Å². The molecule has 1 aliphatic heterocycles. The van der Waals surface area contributed by atoms with E-state index in [1.807, 2.05) is 6.92 Å². The van der Waals surface area contributed by atoms with Crippen LogP contribution in [0.3, 0.4) is 0 Å². The quantitative estimate of drug-likeness (QED) is 0.767. The Morgan fingerprint density at radius 1 is 1.42 bits per heavy atom. The van der Waals surface area contributed by atoms with Crippen LogP contribution in [-0.4, -0.2) is 33.0 Å². The molecule has 0 saturated carbocycles. The predicted molar refractivity (Wildman–Crippen MR) is 75.0 cm³/mol. The molecule has 0 saturated heterocycles. The highest BCUT2D eigenvalue weighted by molar-refractivity contribution is 5.48. The van der Waals surface area contributed by atoms with Gasteiger partial charge in [-0.3, -0.25) is 0 Å². The van der Waals surface area contributed by atoms with E-state index in [0.29, 0.717) is 13.2 Å². The molecule has 0 radical (unpaired) electrons. The highest BCUT2D eigenvalue weighted by Gasteiger charge is 2.21. The van der Waals surface area contributed by atoms with E-state index in [4.69, 9.17) is 14.2 Å². The molecule has 1 atom stereocenters. The Morgan fingerprint density at radius 2 is 2.26 bits per heavy atom. The lowest BCUT2D eigenvalue weighted by Gasteiger charge is -2.13. The van der Waals surface area contributed by atoms with Gasteiger partial charge in [-0.15, -0.1) is 0 Å². The second kappa shape index (κ2) is 6.78. The smallest absolute Gasteiger partial charge is 0.124 e. The van der Waals surface area contributed by atoms with Gasteiger partial charge in [0.25, 0.3) is 0 Å². The Morgan fingerprint density at radius 3 is 3.00 bits per heavy atom. The van der Waals surface area contributed by atoms with Crippen LogP contribution >= 0.6 is 0 Å². The lowest BCUT2D eigenvalue weighted by Crippen LogP contribution is -2.19. The maximum Gasteiger partial charge on any atom is 0.124 e. The highest BCUT2D eigenvalue weighted by Crippen LogP contribution is 2.35. The van der Waals surface area contributed by atoms with Crippen LogP contribution in [0.25, 0.3) is 0 Å². The van der Waals surface area contributed by atoms with E-state index >= 15 is 0 Å². The summed E-state index contributed by atoms with van der Waals surface area (Å²) in [5.41, 5.74) is 2.39. The zero-order valence-electron chi connectivity index (χ0n) is 12.0. The molecule has 2 rings (SSSR count). The van der Waals surface area contributed by atoms with Crippen LogP contribution in [0.15, 0.2) is 12.1 Å². The van der Waals surface area contributed by atoms with Gasteiger partial charge in [0, 0.05) is 37.7 Å². The van der Waals surface area contributed by atoms with Crippen molar-refractivity contribution in [2.75, 3.05) is 26.9 Å². The Bertz CT molecular complexity index is 420. The molecule has 1 N–H and O–H groups in total. The van der Waals surface area contributed by atoms with Crippen molar-refractivity contribution in [3.63, 3.8) is 0 Å². The fourth-order valence-corrected chi connectivity index (χ4v) is 2.31. The number of benzene rings is 1. The topological polar surface area (TPSA) is 39.7 Å². The van der Waals surface area contributed by atoms with Crippen LogP contribution in [0.1, 0.15) is 25.0 Å². The van der Waals surface area contributed by atoms with Gasteiger partial charge in [-0.05, 0) is 26.0 Å². The van der Waals surface area contributed by atoms with E-state index in [9.17, 15) is 0 Å². The van der Waals surface area contributed by atoms with E-state index in [0.717, 1.165) is 36.6 Å². The first-order chi connectivity index (χ1) is 9.24. The highest BCUT2D eigenvalue weighted by atomic mass is 16.5. The minimum Gasteiger partial charge on any atom is -0.494 e. The van der Waals surface area contributed by atoms with Gasteiger partial charge in [-0.1, -0.05) is 0 Å². The molecule has 0 aliphatic carbocycles. The summed E-state index contributed by atoms with van der Waals surface area (Å²) in [6, 6.07) is 4.22. The first-order valence-corrected chi connectivity index (χ1v) is 6.89. The lowest BCUT2D eigenvalue weighted by molar-refractivity contribution is 0.199. The van der Waals surface area contributed by atoms with E-state index in [2.05, 4.69) is 24.4 Å². The van der Waals surface area contributed by atoms with E-state index in [-0.39, 0.29) is 6.10 Å². The number of hydrogen-bond donors (Lipinski definition) is 1. The number of fused-ring (bicyclic) bond motifs is 1. The van der Waals surface area contributed by atoms with Crippen LogP contribution in [0, 0.1) is 0 Å². The van der Waals surface area contributed by atoms with Gasteiger partial charge in [-0.25, -0.2) is 0 Å². The molecule has 0 spiro atoms. The third kappa shape index (κ3) is 3.61. The van der Waals surface area contributed by atoms with Crippen molar-refractivity contribution in [2.24, 2.45) is 0 Å². The first-order valence-electron chi connectivity index (χ1n) is 6.89. The molecule has 1 aromatic rings. The minimum atomic E-state index is 0.265. The summed E-state index contributed by atoms with van der Waals surface area (Å²) < 4.78 is 16.6. The van der Waals surface area contributed by atoms with Crippen molar-refractivity contribution in [3.05, 3.63) is 23.3 Å². The van der Waals surface area contributed by atoms with Gasteiger partial charge >= 0.3 is 0 Å². The molecule has 0 fully saturated rings. The summed E-state index contributed by atoms with van der Waals surface area (Å²) in [5.74, 6) is 1.96. The maximum absolute atomic E-state index is 5.80. The molecule has 4 heteroatoms. The van der Waals surface area contributed by atoms with E-state index < -0.39 is 0 Å². The Hall–Kier alpha value is -1.26. The molecule has 1 unspecified atom stereocenters. The molecule has 1 heterocycles. The minimum absolute atomic E-state index is 0.265. The van der Waals surface area contributed by atoms with Crippen LogP contribution in [0.5, 0.6) is 11.5 Å². The van der Waals surface area contributed by atoms with Crippen molar-refractivity contribution in [1.82, 2.24) is 5.32 Å². The first kappa shape index (κ1) is 14.2. The van der Waals surface area contributed by atoms with Crippen molar-refractivity contribution in [3.8, 4) is 11.5 Å². The third-order valence-electron chi connectivity index (χ3n) is 3.18. The monoisotopic (exact) mass is 265 g/mol. The summed E-state index contributed by atoms with van der Waals surface area (Å²) in [6.07, 6.45) is 1.23. The molecule has 0 bridgehead atoms. The molecule has 1 aromatic carbocycles. The van der Waals surface area contributed by atoms with Gasteiger partial charge in [0.2, 0.25) is 0 Å². The molecular weight excluding hydrogens is 242 g/mol. The summed E-state index contributed by atoms with van der Waals surface area (Å²) in [7, 11) is 1.71. The fourth-order valence-electron chi connectivity index (χ4n) is 2.31.